The number of carbonyl (C=O) groups is 1. The summed E-state index contributed by atoms with van der Waals surface area (Å²) in [6.45, 7) is 11.0. The number of anilines is 1. The van der Waals surface area contributed by atoms with Crippen molar-refractivity contribution in [2.45, 2.75) is 59.4 Å². The number of aromatic nitrogens is 1. The van der Waals surface area contributed by atoms with Crippen molar-refractivity contribution in [2.75, 3.05) is 5.32 Å². The second-order valence-electron chi connectivity index (χ2n) is 7.66. The van der Waals surface area contributed by atoms with Crippen molar-refractivity contribution in [2.24, 2.45) is 0 Å². The Kier molecular flexibility index (Phi) is 4.73. The number of nitrogens with zero attached hydrogens (tertiary/aromatic N) is 2. The van der Waals surface area contributed by atoms with Crippen molar-refractivity contribution >= 4 is 22.6 Å². The molecule has 1 N–H and O–H groups in total. The number of carbonyl (C=O) groups excluding carboxylic acids is 1. The Morgan fingerprint density at radius 2 is 2.00 bits per heavy atom. The van der Waals surface area contributed by atoms with Crippen LogP contribution in [-0.2, 0) is 17.8 Å². The van der Waals surface area contributed by atoms with Crippen molar-refractivity contribution in [1.82, 2.24) is 9.88 Å². The maximum atomic E-state index is 12.3. The Labute approximate surface area is 153 Å². The van der Waals surface area contributed by atoms with E-state index in [1.807, 2.05) is 20.8 Å². The van der Waals surface area contributed by atoms with Crippen LogP contribution in [0.2, 0.25) is 0 Å². The number of amides is 1. The van der Waals surface area contributed by atoms with E-state index in [9.17, 15) is 4.79 Å². The van der Waals surface area contributed by atoms with Crippen LogP contribution in [0.4, 0.5) is 9.93 Å². The first-order chi connectivity index (χ1) is 11.7. The van der Waals surface area contributed by atoms with Gasteiger partial charge >= 0.3 is 6.09 Å². The second-order valence-corrected chi connectivity index (χ2v) is 8.51. The molecular weight excluding hydrogens is 334 g/mol. The molecule has 3 rings (SSSR count). The average Bonchev–Trinajstić information content (AvgIpc) is 3.10. The second kappa shape index (κ2) is 6.67. The fourth-order valence-electron chi connectivity index (χ4n) is 2.73. The lowest BCUT2D eigenvalue weighted by Crippen LogP contribution is -2.33. The minimum Gasteiger partial charge on any atom is -0.444 e. The van der Waals surface area contributed by atoms with Gasteiger partial charge in [0, 0.05) is 30.1 Å². The normalized spacial score (nSPS) is 13.9. The van der Waals surface area contributed by atoms with Gasteiger partial charge in [0.2, 0.25) is 0 Å². The zero-order valence-corrected chi connectivity index (χ0v) is 16.2. The van der Waals surface area contributed by atoms with Crippen LogP contribution in [0, 0.1) is 0 Å². The van der Waals surface area contributed by atoms with Gasteiger partial charge in [-0.2, -0.15) is 0 Å². The summed E-state index contributed by atoms with van der Waals surface area (Å²) in [4.78, 5) is 18.7. The van der Waals surface area contributed by atoms with Gasteiger partial charge in [0.05, 0.1) is 5.69 Å². The van der Waals surface area contributed by atoms with Crippen molar-refractivity contribution in [3.63, 3.8) is 0 Å². The summed E-state index contributed by atoms with van der Waals surface area (Å²) in [5.41, 5.74) is 3.90. The average molecular weight is 359 g/mol. The largest absolute Gasteiger partial charge is 0.444 e. The summed E-state index contributed by atoms with van der Waals surface area (Å²) in [7, 11) is 0. The lowest BCUT2D eigenvalue weighted by Gasteiger charge is -2.24. The first-order valence-corrected chi connectivity index (χ1v) is 9.41. The Hall–Kier alpha value is -2.08. The van der Waals surface area contributed by atoms with Gasteiger partial charge in [0.15, 0.2) is 5.13 Å². The summed E-state index contributed by atoms with van der Waals surface area (Å²) in [5.74, 6) is 0. The minimum absolute atomic E-state index is 0.262. The molecule has 1 aliphatic rings. The van der Waals surface area contributed by atoms with Crippen LogP contribution in [0.15, 0.2) is 23.6 Å². The van der Waals surface area contributed by atoms with E-state index in [2.05, 4.69) is 47.7 Å². The zero-order valence-electron chi connectivity index (χ0n) is 15.4. The fraction of sp³-hybridized carbons (Fsp3) is 0.474. The lowest BCUT2D eigenvalue weighted by atomic mass is 10.1. The SMILES string of the molecule is CC(C)Nc1nc(-c2ccc3c(c2)CN(C(=O)OC(C)(C)C)C3)cs1. The molecule has 134 valence electrons. The molecule has 0 bridgehead atoms. The van der Waals surface area contributed by atoms with Crippen LogP contribution in [0.1, 0.15) is 45.7 Å². The number of thiazole rings is 1. The molecule has 0 unspecified atom stereocenters. The molecule has 0 fully saturated rings. The van der Waals surface area contributed by atoms with Gasteiger partial charge < -0.3 is 10.1 Å². The van der Waals surface area contributed by atoms with Gasteiger partial charge in [0.1, 0.15) is 5.60 Å². The lowest BCUT2D eigenvalue weighted by molar-refractivity contribution is 0.0242. The number of rotatable bonds is 3. The van der Waals surface area contributed by atoms with E-state index in [-0.39, 0.29) is 6.09 Å². The van der Waals surface area contributed by atoms with Crippen molar-refractivity contribution in [1.29, 1.82) is 0 Å². The summed E-state index contributed by atoms with van der Waals surface area (Å²) < 4.78 is 5.48. The first-order valence-electron chi connectivity index (χ1n) is 8.53. The zero-order chi connectivity index (χ0) is 18.2. The molecule has 25 heavy (non-hydrogen) atoms. The molecule has 5 nitrogen and oxygen atoms in total. The van der Waals surface area contributed by atoms with Crippen LogP contribution in [-0.4, -0.2) is 27.6 Å². The molecule has 0 aliphatic carbocycles. The topological polar surface area (TPSA) is 54.5 Å². The predicted octanol–water partition coefficient (Wildman–Crippen LogP) is 4.88. The molecule has 0 radical (unpaired) electrons. The summed E-state index contributed by atoms with van der Waals surface area (Å²) in [6.07, 6.45) is -0.262. The van der Waals surface area contributed by atoms with E-state index in [0.29, 0.717) is 19.1 Å². The molecule has 1 amide bonds. The van der Waals surface area contributed by atoms with Crippen LogP contribution >= 0.6 is 11.3 Å². The van der Waals surface area contributed by atoms with Crippen LogP contribution < -0.4 is 5.32 Å². The molecular formula is C19H25N3O2S. The van der Waals surface area contributed by atoms with Gasteiger partial charge in [-0.25, -0.2) is 9.78 Å². The minimum atomic E-state index is -0.475. The monoisotopic (exact) mass is 359 g/mol. The maximum absolute atomic E-state index is 12.3. The first kappa shape index (κ1) is 17.7. The maximum Gasteiger partial charge on any atom is 0.410 e. The van der Waals surface area contributed by atoms with E-state index in [0.717, 1.165) is 22.0 Å². The van der Waals surface area contributed by atoms with Gasteiger partial charge in [-0.15, -0.1) is 11.3 Å². The van der Waals surface area contributed by atoms with E-state index in [1.165, 1.54) is 5.56 Å². The van der Waals surface area contributed by atoms with E-state index < -0.39 is 5.60 Å². The van der Waals surface area contributed by atoms with Gasteiger partial charge in [-0.1, -0.05) is 12.1 Å². The third-order valence-electron chi connectivity index (χ3n) is 3.79. The molecule has 1 aliphatic heterocycles. The Balaban J connectivity index is 1.74. The highest BCUT2D eigenvalue weighted by atomic mass is 32.1. The predicted molar refractivity (Wildman–Crippen MR) is 102 cm³/mol. The van der Waals surface area contributed by atoms with E-state index in [1.54, 1.807) is 16.2 Å². The summed E-state index contributed by atoms with van der Waals surface area (Å²) in [5, 5.41) is 6.32. The van der Waals surface area contributed by atoms with Crippen molar-refractivity contribution in [3.05, 3.63) is 34.7 Å². The Morgan fingerprint density at radius 3 is 2.68 bits per heavy atom. The molecule has 0 spiro atoms. The Bertz CT molecular complexity index is 777. The number of fused-ring (bicyclic) bond motifs is 1. The highest BCUT2D eigenvalue weighted by molar-refractivity contribution is 7.14. The third kappa shape index (κ3) is 4.31. The Morgan fingerprint density at radius 1 is 1.28 bits per heavy atom. The fourth-order valence-corrected chi connectivity index (χ4v) is 3.60. The molecule has 1 aromatic carbocycles. The van der Waals surface area contributed by atoms with Crippen LogP contribution in [0.25, 0.3) is 11.3 Å². The molecule has 2 heterocycles. The van der Waals surface area contributed by atoms with Gasteiger partial charge in [0.25, 0.3) is 0 Å². The van der Waals surface area contributed by atoms with Crippen LogP contribution in [0.3, 0.4) is 0 Å². The van der Waals surface area contributed by atoms with Gasteiger partial charge in [-0.3, -0.25) is 4.90 Å². The van der Waals surface area contributed by atoms with Gasteiger partial charge in [-0.05, 0) is 51.8 Å². The van der Waals surface area contributed by atoms with Crippen molar-refractivity contribution in [3.8, 4) is 11.3 Å². The van der Waals surface area contributed by atoms with E-state index >= 15 is 0 Å². The number of ether oxygens (including phenoxy) is 1. The van der Waals surface area contributed by atoms with E-state index in [4.69, 9.17) is 4.74 Å². The van der Waals surface area contributed by atoms with Crippen LogP contribution in [0.5, 0.6) is 0 Å². The highest BCUT2D eigenvalue weighted by Gasteiger charge is 2.28. The number of hydrogen-bond donors (Lipinski definition) is 1. The third-order valence-corrected chi connectivity index (χ3v) is 4.57. The molecule has 1 aromatic heterocycles. The smallest absolute Gasteiger partial charge is 0.410 e. The standard InChI is InChI=1S/C19H25N3O2S/c1-12(2)20-17-21-16(11-25-17)13-6-7-14-9-22(10-15(14)8-13)18(23)24-19(3,4)5/h6-8,11-12H,9-10H2,1-5H3,(H,20,21). The molecule has 0 atom stereocenters. The molecule has 6 heteroatoms. The molecule has 0 saturated carbocycles. The van der Waals surface area contributed by atoms with Crippen molar-refractivity contribution < 1.29 is 9.53 Å². The highest BCUT2D eigenvalue weighted by Crippen LogP contribution is 2.31. The quantitative estimate of drug-likeness (QED) is 0.848. The summed E-state index contributed by atoms with van der Waals surface area (Å²) >= 11 is 1.61. The summed E-state index contributed by atoms with van der Waals surface area (Å²) in [6, 6.07) is 6.66. The number of nitrogens with one attached hydrogen (secondary N) is 1. The number of hydrogen-bond acceptors (Lipinski definition) is 5. The molecule has 2 aromatic rings. The molecule has 0 saturated heterocycles. The number of benzene rings is 1.